The minimum atomic E-state index is -5.12. The van der Waals surface area contributed by atoms with Crippen LogP contribution in [0.4, 0.5) is 0 Å². The standard InChI is InChI=1S/C24H34O4.AsH3O4/c1-22-10-7-17(25)13-16(22)4-5-20-19(22)8-11-23(2)18(9-12-24(20,23)27)15-3-6-21(26)28-14-15;2-1(3,4)5/h3,6,14,16-20,25,27H,4-5,7-13H2,1-2H3;(H3,2,3,4,5)/t16-,17+,18-,19+,20-,22+,23-,24+;/m1./s1. The Morgan fingerprint density at radius 1 is 0.970 bits per heavy atom. The molecule has 1 aromatic heterocycles. The van der Waals surface area contributed by atoms with Crippen molar-refractivity contribution in [1.82, 2.24) is 0 Å². The number of hydrogen-bond acceptors (Lipinski definition) is 5. The van der Waals surface area contributed by atoms with Gasteiger partial charge in [-0.25, -0.2) is 4.79 Å². The van der Waals surface area contributed by atoms with Crippen LogP contribution in [0.5, 0.6) is 0 Å². The molecule has 0 spiro atoms. The molecule has 5 N–H and O–H groups in total. The molecule has 0 unspecified atom stereocenters. The summed E-state index contributed by atoms with van der Waals surface area (Å²) < 4.78 is 35.9. The van der Waals surface area contributed by atoms with Gasteiger partial charge in [0.1, 0.15) is 0 Å². The molecule has 0 radical (unpaired) electrons. The Bertz CT molecular complexity index is 945. The van der Waals surface area contributed by atoms with Crippen molar-refractivity contribution in [2.75, 3.05) is 0 Å². The fourth-order valence-corrected chi connectivity index (χ4v) is 8.30. The first-order valence-corrected chi connectivity index (χ1v) is 15.3. The van der Waals surface area contributed by atoms with Crippen molar-refractivity contribution in [3.8, 4) is 0 Å². The molecular weight excluding hydrogens is 491 g/mol. The Labute approximate surface area is 197 Å². The van der Waals surface area contributed by atoms with Crippen LogP contribution in [0.2, 0.25) is 0 Å². The Morgan fingerprint density at radius 2 is 1.67 bits per heavy atom. The average molecular weight is 528 g/mol. The SMILES string of the molecule is C[C@]12CC[C@H](O)C[C@H]1CC[C@@H]1[C@@H]2CC[C@]2(C)[C@@H](c3ccc(=O)oc3)CC[C@]12O.O=[As](O)(O)O. The molecule has 9 heteroatoms. The number of rotatable bonds is 1. The third-order valence-corrected chi connectivity index (χ3v) is 9.95. The minimum absolute atomic E-state index is 0.129. The van der Waals surface area contributed by atoms with Crippen molar-refractivity contribution in [2.24, 2.45) is 28.6 Å². The Hall–Kier alpha value is -0.892. The number of hydrogen-bond donors (Lipinski definition) is 5. The fourth-order valence-electron chi connectivity index (χ4n) is 8.30. The summed E-state index contributed by atoms with van der Waals surface area (Å²) in [5, 5.41) is 22.4. The zero-order valence-corrected chi connectivity index (χ0v) is 21.3. The van der Waals surface area contributed by atoms with Crippen molar-refractivity contribution in [2.45, 2.75) is 89.3 Å². The van der Waals surface area contributed by atoms with Crippen molar-refractivity contribution in [1.29, 1.82) is 0 Å². The zero-order valence-electron chi connectivity index (χ0n) is 19.4. The van der Waals surface area contributed by atoms with Crippen LogP contribution in [0.1, 0.15) is 83.1 Å². The second-order valence-corrected chi connectivity index (χ2v) is 13.4. The molecule has 4 saturated carbocycles. The number of aliphatic hydroxyl groups excluding tert-OH is 1. The molecule has 33 heavy (non-hydrogen) atoms. The normalized spacial score (nSPS) is 44.6. The van der Waals surface area contributed by atoms with Gasteiger partial charge in [-0.15, -0.1) is 0 Å². The van der Waals surface area contributed by atoms with Crippen LogP contribution >= 0.6 is 0 Å². The molecule has 4 aliphatic carbocycles. The summed E-state index contributed by atoms with van der Waals surface area (Å²) in [4.78, 5) is 11.4. The molecule has 0 bridgehead atoms. The molecule has 5 rings (SSSR count). The molecule has 0 saturated heterocycles. The maximum atomic E-state index is 12.2. The number of fused-ring (bicyclic) bond motifs is 5. The summed E-state index contributed by atoms with van der Waals surface area (Å²) in [5.41, 5.74) is 0.219. The summed E-state index contributed by atoms with van der Waals surface area (Å²) >= 11 is -5.12. The third kappa shape index (κ3) is 4.43. The van der Waals surface area contributed by atoms with Crippen LogP contribution in [0.3, 0.4) is 0 Å². The van der Waals surface area contributed by atoms with E-state index in [0.29, 0.717) is 17.8 Å². The van der Waals surface area contributed by atoms with Gasteiger partial charge >= 0.3 is 36.2 Å². The van der Waals surface area contributed by atoms with E-state index in [9.17, 15) is 15.0 Å². The van der Waals surface area contributed by atoms with E-state index in [1.54, 1.807) is 6.26 Å². The topological polar surface area (TPSA) is 148 Å². The van der Waals surface area contributed by atoms with E-state index in [-0.39, 0.29) is 28.5 Å². The van der Waals surface area contributed by atoms with E-state index < -0.39 is 20.1 Å². The van der Waals surface area contributed by atoms with E-state index in [2.05, 4.69) is 13.8 Å². The van der Waals surface area contributed by atoms with Gasteiger partial charge in [0.25, 0.3) is 0 Å². The molecule has 4 aliphatic rings. The van der Waals surface area contributed by atoms with Crippen LogP contribution in [0, 0.1) is 28.6 Å². The van der Waals surface area contributed by atoms with Crippen LogP contribution in [0.25, 0.3) is 0 Å². The second-order valence-electron chi connectivity index (χ2n) is 11.3. The van der Waals surface area contributed by atoms with Gasteiger partial charge in [-0.1, -0.05) is 13.8 Å². The van der Waals surface area contributed by atoms with Crippen LogP contribution < -0.4 is 5.63 Å². The Kier molecular flexibility index (Phi) is 6.61. The van der Waals surface area contributed by atoms with E-state index in [1.165, 1.54) is 12.5 Å². The van der Waals surface area contributed by atoms with Gasteiger partial charge in [0.05, 0.1) is 18.0 Å². The fraction of sp³-hybridized carbons (Fsp3) is 0.792. The first kappa shape index (κ1) is 25.2. The molecule has 1 aromatic rings. The summed E-state index contributed by atoms with van der Waals surface area (Å²) in [6.45, 7) is 4.73. The molecule has 4 fully saturated rings. The van der Waals surface area contributed by atoms with Crippen molar-refractivity contribution < 1.29 is 30.7 Å². The van der Waals surface area contributed by atoms with Gasteiger partial charge in [0, 0.05) is 11.5 Å². The monoisotopic (exact) mass is 528 g/mol. The van der Waals surface area contributed by atoms with Crippen molar-refractivity contribution >= 4 is 14.5 Å². The predicted octanol–water partition coefficient (Wildman–Crippen LogP) is 2.07. The maximum absolute atomic E-state index is 12.2. The van der Waals surface area contributed by atoms with Crippen LogP contribution in [-0.2, 0) is 3.74 Å². The summed E-state index contributed by atoms with van der Waals surface area (Å²) in [5.74, 6) is 1.76. The van der Waals surface area contributed by atoms with Crippen LogP contribution in [0.15, 0.2) is 27.6 Å². The second kappa shape index (κ2) is 8.65. The number of aliphatic hydroxyl groups is 2. The quantitative estimate of drug-likeness (QED) is 0.348. The molecule has 186 valence electrons. The molecule has 8 atom stereocenters. The Balaban J connectivity index is 0.000000471. The van der Waals surface area contributed by atoms with E-state index in [0.717, 1.165) is 56.9 Å². The molecule has 0 amide bonds. The van der Waals surface area contributed by atoms with Gasteiger partial charge in [0.15, 0.2) is 0 Å². The van der Waals surface area contributed by atoms with Crippen LogP contribution in [-0.4, -0.2) is 48.7 Å². The first-order valence-electron chi connectivity index (χ1n) is 12.1. The van der Waals surface area contributed by atoms with Gasteiger partial charge < -0.3 is 14.6 Å². The molecule has 0 aliphatic heterocycles. The summed E-state index contributed by atoms with van der Waals surface area (Å²) in [7, 11) is 0. The molecule has 1 heterocycles. The zero-order chi connectivity index (χ0) is 24.2. The summed E-state index contributed by atoms with van der Waals surface area (Å²) in [6, 6.07) is 3.42. The van der Waals surface area contributed by atoms with E-state index in [1.807, 2.05) is 6.07 Å². The summed E-state index contributed by atoms with van der Waals surface area (Å²) in [6.07, 6.45) is 10.7. The van der Waals surface area contributed by atoms with Gasteiger partial charge in [0.2, 0.25) is 0 Å². The Morgan fingerprint density at radius 3 is 2.30 bits per heavy atom. The predicted molar refractivity (Wildman–Crippen MR) is 120 cm³/mol. The molecule has 8 nitrogen and oxygen atoms in total. The van der Waals surface area contributed by atoms with Gasteiger partial charge in [-0.3, -0.25) is 0 Å². The average Bonchev–Trinajstić information content (AvgIpc) is 2.99. The van der Waals surface area contributed by atoms with Crippen molar-refractivity contribution in [3.05, 3.63) is 34.4 Å². The molecular formula is C24H37AsO8. The third-order valence-electron chi connectivity index (χ3n) is 9.95. The first-order chi connectivity index (χ1) is 15.3. The van der Waals surface area contributed by atoms with Crippen molar-refractivity contribution in [3.63, 3.8) is 0 Å². The van der Waals surface area contributed by atoms with E-state index in [4.69, 9.17) is 20.4 Å². The van der Waals surface area contributed by atoms with E-state index >= 15 is 0 Å². The van der Waals surface area contributed by atoms with Gasteiger partial charge in [-0.2, -0.15) is 0 Å². The van der Waals surface area contributed by atoms with Gasteiger partial charge in [-0.05, 0) is 98.5 Å². The molecule has 0 aromatic carbocycles.